The van der Waals surface area contributed by atoms with Gasteiger partial charge >= 0.3 is 19.8 Å². The molecule has 0 fully saturated rings. The fourth-order valence-electron chi connectivity index (χ4n) is 5.22. The van der Waals surface area contributed by atoms with Gasteiger partial charge in [-0.1, -0.05) is 148 Å². The molecule has 0 saturated carbocycles. The molecule has 61 heavy (non-hydrogen) atoms. The van der Waals surface area contributed by atoms with Gasteiger partial charge in [0, 0.05) is 12.8 Å². The molecule has 0 heterocycles. The molecule has 0 aromatic carbocycles. The van der Waals surface area contributed by atoms with E-state index in [2.05, 4.69) is 140 Å². The molecule has 3 N–H and O–H groups in total. The molecule has 0 aromatic heterocycles. The van der Waals surface area contributed by atoms with E-state index in [9.17, 15) is 24.2 Å². The van der Waals surface area contributed by atoms with Crippen molar-refractivity contribution in [3.8, 4) is 0 Å². The highest BCUT2D eigenvalue weighted by Crippen LogP contribution is 2.43. The molecular formula is C50H79O10P. The molecule has 0 rings (SSSR count). The number of allylic oxidation sites excluding steroid dienone is 20. The Morgan fingerprint density at radius 2 is 0.852 bits per heavy atom. The minimum atomic E-state index is -4.65. The quantitative estimate of drug-likeness (QED) is 0.0235. The van der Waals surface area contributed by atoms with E-state index in [1.807, 2.05) is 0 Å². The number of phosphoric acid groups is 1. The Bertz CT molecular complexity index is 1420. The number of carbonyl (C=O) groups is 2. The van der Waals surface area contributed by atoms with Crippen LogP contribution in [-0.2, 0) is 32.7 Å². The van der Waals surface area contributed by atoms with Crippen molar-refractivity contribution < 1.29 is 47.8 Å². The molecule has 11 heteroatoms. The highest BCUT2D eigenvalue weighted by Gasteiger charge is 2.27. The van der Waals surface area contributed by atoms with Crippen LogP contribution in [0, 0.1) is 0 Å². The normalized spacial score (nSPS) is 14.9. The summed E-state index contributed by atoms with van der Waals surface area (Å²) in [5, 5.41) is 18.4. The summed E-state index contributed by atoms with van der Waals surface area (Å²) >= 11 is 0. The fraction of sp³-hybridized carbons (Fsp3) is 0.560. The van der Waals surface area contributed by atoms with Crippen LogP contribution in [0.3, 0.4) is 0 Å². The maximum Gasteiger partial charge on any atom is 0.472 e. The molecule has 0 amide bonds. The Balaban J connectivity index is 4.44. The predicted octanol–water partition coefficient (Wildman–Crippen LogP) is 12.3. The summed E-state index contributed by atoms with van der Waals surface area (Å²) in [6.07, 6.45) is 57.3. The highest BCUT2D eigenvalue weighted by molar-refractivity contribution is 7.47. The minimum absolute atomic E-state index is 0.129. The first-order valence-corrected chi connectivity index (χ1v) is 24.0. The standard InChI is InChI=1S/C50H79O10P/c1-3-5-7-9-11-13-15-17-19-21-23-25-27-29-31-33-35-37-39-41-49(53)57-45-48(46-59-61(55,56)58-44-47(52)43-51)60-50(54)42-40-38-36-34-32-30-28-26-24-22-20-18-16-14-12-10-8-6-4-2/h5-8,11-14,17-20,23-26,29-32,47-48,51-52H,3-4,9-10,15-16,21-22,27-28,33-46H2,1-2H3,(H,55,56)/b7-5-,8-6-,13-11-,14-12-,19-17-,20-18-,25-23-,26-24-,31-29-,32-30-. The van der Waals surface area contributed by atoms with E-state index in [4.69, 9.17) is 19.1 Å². The zero-order valence-corrected chi connectivity index (χ0v) is 38.2. The van der Waals surface area contributed by atoms with Crippen molar-refractivity contribution in [2.24, 2.45) is 0 Å². The lowest BCUT2D eigenvalue weighted by Gasteiger charge is -2.20. The van der Waals surface area contributed by atoms with Crippen molar-refractivity contribution in [3.63, 3.8) is 0 Å². The lowest BCUT2D eigenvalue weighted by atomic mass is 10.1. The molecule has 0 bridgehead atoms. The summed E-state index contributed by atoms with van der Waals surface area (Å²) in [4.78, 5) is 35.1. The lowest BCUT2D eigenvalue weighted by Crippen LogP contribution is -2.29. The van der Waals surface area contributed by atoms with Crippen molar-refractivity contribution in [2.75, 3.05) is 26.4 Å². The second-order valence-electron chi connectivity index (χ2n) is 14.3. The van der Waals surface area contributed by atoms with Gasteiger partial charge in [-0.25, -0.2) is 4.57 Å². The number of rotatable bonds is 40. The first-order chi connectivity index (χ1) is 29.7. The van der Waals surface area contributed by atoms with Crippen LogP contribution in [0.25, 0.3) is 0 Å². The number of carbonyl (C=O) groups excluding carboxylic acids is 2. The summed E-state index contributed by atoms with van der Waals surface area (Å²) in [6.45, 7) is 2.05. The molecule has 344 valence electrons. The Labute approximate surface area is 368 Å². The predicted molar refractivity (Wildman–Crippen MR) is 251 cm³/mol. The average Bonchev–Trinajstić information content (AvgIpc) is 3.25. The zero-order valence-electron chi connectivity index (χ0n) is 37.3. The number of aliphatic hydroxyl groups excluding tert-OH is 2. The number of aliphatic hydroxyl groups is 2. The van der Waals surface area contributed by atoms with Crippen LogP contribution < -0.4 is 0 Å². The molecule has 0 aliphatic rings. The molecule has 0 aliphatic heterocycles. The van der Waals surface area contributed by atoms with E-state index in [-0.39, 0.29) is 19.4 Å². The lowest BCUT2D eigenvalue weighted by molar-refractivity contribution is -0.161. The number of ether oxygens (including phenoxy) is 2. The van der Waals surface area contributed by atoms with E-state index in [1.165, 1.54) is 0 Å². The van der Waals surface area contributed by atoms with Crippen molar-refractivity contribution in [1.82, 2.24) is 0 Å². The van der Waals surface area contributed by atoms with Crippen LogP contribution in [0.15, 0.2) is 122 Å². The number of phosphoric ester groups is 1. The van der Waals surface area contributed by atoms with Crippen molar-refractivity contribution in [1.29, 1.82) is 0 Å². The van der Waals surface area contributed by atoms with E-state index in [0.717, 1.165) is 103 Å². The van der Waals surface area contributed by atoms with Gasteiger partial charge in [-0.05, 0) is 103 Å². The third-order valence-electron chi connectivity index (χ3n) is 8.61. The topological polar surface area (TPSA) is 149 Å². The van der Waals surface area contributed by atoms with Crippen LogP contribution in [0.1, 0.15) is 142 Å². The van der Waals surface area contributed by atoms with Crippen LogP contribution in [0.2, 0.25) is 0 Å². The molecule has 3 atom stereocenters. The SMILES string of the molecule is CC/C=C\C/C=C\C/C=C\C/C=C\C/C=C\CCCCCC(=O)OCC(COP(=O)(O)OCC(O)CO)OC(=O)CCCCC/C=C\C/C=C\C/C=C\C/C=C\C/C=C\CC. The smallest absolute Gasteiger partial charge is 0.462 e. The number of esters is 2. The third kappa shape index (κ3) is 44.2. The number of hydrogen-bond donors (Lipinski definition) is 3. The maximum atomic E-state index is 12.6. The summed E-state index contributed by atoms with van der Waals surface area (Å²) in [7, 11) is -4.65. The zero-order chi connectivity index (χ0) is 44.8. The van der Waals surface area contributed by atoms with Crippen molar-refractivity contribution in [2.45, 2.75) is 154 Å². The number of hydrogen-bond acceptors (Lipinski definition) is 9. The summed E-state index contributed by atoms with van der Waals surface area (Å²) in [5.41, 5.74) is 0. The van der Waals surface area contributed by atoms with Gasteiger partial charge in [0.25, 0.3) is 0 Å². The van der Waals surface area contributed by atoms with Crippen LogP contribution in [-0.4, -0.2) is 65.7 Å². The Morgan fingerprint density at radius 1 is 0.492 bits per heavy atom. The van der Waals surface area contributed by atoms with E-state index < -0.39 is 51.8 Å². The average molecular weight is 871 g/mol. The monoisotopic (exact) mass is 871 g/mol. The Hall–Kier alpha value is -3.63. The Kier molecular flexibility index (Phi) is 41.8. The molecule has 0 aromatic rings. The van der Waals surface area contributed by atoms with Crippen molar-refractivity contribution in [3.05, 3.63) is 122 Å². The van der Waals surface area contributed by atoms with Crippen LogP contribution in [0.5, 0.6) is 0 Å². The summed E-state index contributed by atoms with van der Waals surface area (Å²) < 4.78 is 32.7. The largest absolute Gasteiger partial charge is 0.472 e. The van der Waals surface area contributed by atoms with E-state index >= 15 is 0 Å². The van der Waals surface area contributed by atoms with E-state index in [1.54, 1.807) is 0 Å². The highest BCUT2D eigenvalue weighted by atomic mass is 31.2. The molecular weight excluding hydrogens is 792 g/mol. The molecule has 3 unspecified atom stereocenters. The molecule has 0 spiro atoms. The van der Waals surface area contributed by atoms with Gasteiger partial charge in [-0.15, -0.1) is 0 Å². The van der Waals surface area contributed by atoms with Crippen molar-refractivity contribution >= 4 is 19.8 Å². The molecule has 0 aliphatic carbocycles. The van der Waals surface area contributed by atoms with Gasteiger partial charge in [-0.3, -0.25) is 18.6 Å². The first kappa shape index (κ1) is 57.4. The minimum Gasteiger partial charge on any atom is -0.462 e. The van der Waals surface area contributed by atoms with Gasteiger partial charge in [0.15, 0.2) is 6.10 Å². The van der Waals surface area contributed by atoms with Crippen LogP contribution >= 0.6 is 7.82 Å². The molecule has 0 radical (unpaired) electrons. The van der Waals surface area contributed by atoms with Gasteiger partial charge in [-0.2, -0.15) is 0 Å². The summed E-state index contributed by atoms with van der Waals surface area (Å²) in [6, 6.07) is 0. The van der Waals surface area contributed by atoms with Crippen LogP contribution in [0.4, 0.5) is 0 Å². The van der Waals surface area contributed by atoms with Gasteiger partial charge < -0.3 is 24.6 Å². The molecule has 0 saturated heterocycles. The van der Waals surface area contributed by atoms with E-state index in [0.29, 0.717) is 12.8 Å². The second-order valence-corrected chi connectivity index (χ2v) is 15.8. The fourth-order valence-corrected chi connectivity index (χ4v) is 6.01. The number of unbranched alkanes of at least 4 members (excludes halogenated alkanes) is 6. The second kappa shape index (κ2) is 44.4. The first-order valence-electron chi connectivity index (χ1n) is 22.5. The maximum absolute atomic E-state index is 12.6. The Morgan fingerprint density at radius 3 is 1.25 bits per heavy atom. The van der Waals surface area contributed by atoms with Gasteiger partial charge in [0.1, 0.15) is 12.7 Å². The third-order valence-corrected chi connectivity index (χ3v) is 9.56. The van der Waals surface area contributed by atoms with Gasteiger partial charge in [0.2, 0.25) is 0 Å². The summed E-state index contributed by atoms with van der Waals surface area (Å²) in [5.74, 6) is -1.01. The molecule has 10 nitrogen and oxygen atoms in total. The van der Waals surface area contributed by atoms with Gasteiger partial charge in [0.05, 0.1) is 19.8 Å².